The molecule has 3 aromatic rings. The molecule has 0 fully saturated rings. The van der Waals surface area contributed by atoms with Gasteiger partial charge >= 0.3 is 0 Å². The highest BCUT2D eigenvalue weighted by atomic mass is 19.1. The van der Waals surface area contributed by atoms with Crippen LogP contribution in [-0.4, -0.2) is 0 Å². The summed E-state index contributed by atoms with van der Waals surface area (Å²) in [6.07, 6.45) is 0.563. The molecule has 0 aliphatic carbocycles. The van der Waals surface area contributed by atoms with E-state index in [9.17, 15) is 4.39 Å². The van der Waals surface area contributed by atoms with Crippen molar-refractivity contribution in [3.8, 4) is 0 Å². The number of rotatable bonds is 4. The van der Waals surface area contributed by atoms with Crippen molar-refractivity contribution in [2.24, 2.45) is 5.84 Å². The van der Waals surface area contributed by atoms with Crippen molar-refractivity contribution in [1.29, 1.82) is 0 Å². The maximum atomic E-state index is 13.3. The summed E-state index contributed by atoms with van der Waals surface area (Å²) in [5.74, 6) is 6.14. The van der Waals surface area contributed by atoms with Crippen LogP contribution in [0.1, 0.15) is 22.9 Å². The van der Waals surface area contributed by atoms with E-state index < -0.39 is 0 Å². The average Bonchev–Trinajstić information content (AvgIpc) is 2.87. The van der Waals surface area contributed by atoms with Gasteiger partial charge in [0.1, 0.15) is 17.2 Å². The fourth-order valence-corrected chi connectivity index (χ4v) is 2.50. The molecule has 1 atom stereocenters. The highest BCUT2D eigenvalue weighted by Crippen LogP contribution is 2.26. The smallest absolute Gasteiger partial charge is 0.134 e. The van der Waals surface area contributed by atoms with E-state index in [2.05, 4.69) is 11.5 Å². The molecule has 4 heteroatoms. The zero-order chi connectivity index (χ0) is 14.8. The minimum absolute atomic E-state index is 0.195. The van der Waals surface area contributed by atoms with Gasteiger partial charge in [0, 0.05) is 5.39 Å². The van der Waals surface area contributed by atoms with E-state index in [1.165, 1.54) is 17.7 Å². The summed E-state index contributed by atoms with van der Waals surface area (Å²) in [6, 6.07) is 14.3. The molecule has 1 aromatic heterocycles. The first-order valence-electron chi connectivity index (χ1n) is 6.86. The van der Waals surface area contributed by atoms with Crippen LogP contribution in [0.2, 0.25) is 0 Å². The van der Waals surface area contributed by atoms with Crippen LogP contribution in [0, 0.1) is 12.7 Å². The molecule has 0 spiro atoms. The molecule has 0 saturated carbocycles. The molecule has 1 heterocycles. The molecule has 3 rings (SSSR count). The number of nitrogens with two attached hydrogens (primary N) is 1. The van der Waals surface area contributed by atoms with Gasteiger partial charge in [0.2, 0.25) is 0 Å². The van der Waals surface area contributed by atoms with Crippen LogP contribution in [0.25, 0.3) is 11.0 Å². The molecule has 0 aliphatic rings. The summed E-state index contributed by atoms with van der Waals surface area (Å²) in [5, 5.41) is 1.05. The Morgan fingerprint density at radius 3 is 2.81 bits per heavy atom. The van der Waals surface area contributed by atoms with E-state index >= 15 is 0 Å². The molecule has 2 aromatic carbocycles. The molecule has 21 heavy (non-hydrogen) atoms. The summed E-state index contributed by atoms with van der Waals surface area (Å²) in [6.45, 7) is 2.04. The Balaban J connectivity index is 1.90. The van der Waals surface area contributed by atoms with Gasteiger partial charge in [-0.1, -0.05) is 23.8 Å². The Hall–Kier alpha value is -2.17. The van der Waals surface area contributed by atoms with Gasteiger partial charge in [0.25, 0.3) is 0 Å². The van der Waals surface area contributed by atoms with Crippen LogP contribution >= 0.6 is 0 Å². The van der Waals surface area contributed by atoms with E-state index in [4.69, 9.17) is 10.3 Å². The van der Waals surface area contributed by atoms with Crippen LogP contribution in [0.3, 0.4) is 0 Å². The lowest BCUT2D eigenvalue weighted by Crippen LogP contribution is -2.29. The summed E-state index contributed by atoms with van der Waals surface area (Å²) in [4.78, 5) is 0. The molecular weight excluding hydrogens is 267 g/mol. The van der Waals surface area contributed by atoms with Gasteiger partial charge in [-0.15, -0.1) is 0 Å². The van der Waals surface area contributed by atoms with Gasteiger partial charge in [-0.2, -0.15) is 0 Å². The number of hydrazine groups is 1. The van der Waals surface area contributed by atoms with Crippen LogP contribution < -0.4 is 11.3 Å². The van der Waals surface area contributed by atoms with Gasteiger partial charge < -0.3 is 4.42 Å². The van der Waals surface area contributed by atoms with Crippen LogP contribution in [-0.2, 0) is 6.42 Å². The summed E-state index contributed by atoms with van der Waals surface area (Å²) >= 11 is 0. The number of hydrogen-bond acceptors (Lipinski definition) is 3. The van der Waals surface area contributed by atoms with Crippen molar-refractivity contribution in [3.05, 3.63) is 71.2 Å². The molecular formula is C17H17FN2O. The lowest BCUT2D eigenvalue weighted by Gasteiger charge is -2.13. The fourth-order valence-electron chi connectivity index (χ4n) is 2.50. The molecule has 0 radical (unpaired) electrons. The minimum Gasteiger partial charge on any atom is -0.459 e. The van der Waals surface area contributed by atoms with Crippen molar-refractivity contribution in [2.45, 2.75) is 19.4 Å². The predicted molar refractivity (Wildman–Crippen MR) is 81.1 cm³/mol. The quantitative estimate of drug-likeness (QED) is 0.568. The molecule has 0 saturated heterocycles. The monoisotopic (exact) mass is 284 g/mol. The SMILES string of the molecule is Cc1ccc2oc(C(Cc3cccc(F)c3)NN)cc2c1. The fraction of sp³-hybridized carbons (Fsp3) is 0.176. The number of nitrogens with one attached hydrogen (secondary N) is 1. The normalized spacial score (nSPS) is 12.7. The second-order valence-electron chi connectivity index (χ2n) is 5.24. The summed E-state index contributed by atoms with van der Waals surface area (Å²) in [5.41, 5.74) is 5.62. The van der Waals surface area contributed by atoms with Gasteiger partial charge in [0.15, 0.2) is 0 Å². The van der Waals surface area contributed by atoms with E-state index in [0.29, 0.717) is 6.42 Å². The van der Waals surface area contributed by atoms with Crippen LogP contribution in [0.15, 0.2) is 52.9 Å². The van der Waals surface area contributed by atoms with E-state index in [0.717, 1.165) is 22.3 Å². The third kappa shape index (κ3) is 2.96. The standard InChI is InChI=1S/C17H17FN2O/c1-11-5-6-16-13(7-11)10-17(21-16)15(20-19)9-12-3-2-4-14(18)8-12/h2-8,10,15,20H,9,19H2,1H3. The number of halogens is 1. The zero-order valence-corrected chi connectivity index (χ0v) is 11.8. The highest BCUT2D eigenvalue weighted by molar-refractivity contribution is 5.78. The third-order valence-corrected chi connectivity index (χ3v) is 3.56. The predicted octanol–water partition coefficient (Wildman–Crippen LogP) is 3.63. The van der Waals surface area contributed by atoms with E-state index in [1.54, 1.807) is 6.07 Å². The summed E-state index contributed by atoms with van der Waals surface area (Å²) < 4.78 is 19.1. The Labute approximate surface area is 122 Å². The number of aryl methyl sites for hydroxylation is 1. The Bertz CT molecular complexity index is 766. The van der Waals surface area contributed by atoms with Crippen molar-refractivity contribution >= 4 is 11.0 Å². The first kappa shape index (κ1) is 13.8. The molecule has 0 aliphatic heterocycles. The van der Waals surface area contributed by atoms with Crippen molar-refractivity contribution in [1.82, 2.24) is 5.43 Å². The molecule has 1 unspecified atom stereocenters. The van der Waals surface area contributed by atoms with Crippen LogP contribution in [0.4, 0.5) is 4.39 Å². The molecule has 0 amide bonds. The number of benzene rings is 2. The van der Waals surface area contributed by atoms with Crippen molar-refractivity contribution < 1.29 is 8.81 Å². The topological polar surface area (TPSA) is 51.2 Å². The third-order valence-electron chi connectivity index (χ3n) is 3.56. The minimum atomic E-state index is -0.247. The Kier molecular flexibility index (Phi) is 3.73. The van der Waals surface area contributed by atoms with Gasteiger partial charge in [-0.3, -0.25) is 5.84 Å². The molecule has 3 N–H and O–H groups in total. The van der Waals surface area contributed by atoms with Gasteiger partial charge in [-0.05, 0) is 49.2 Å². The maximum Gasteiger partial charge on any atom is 0.134 e. The van der Waals surface area contributed by atoms with Gasteiger partial charge in [-0.25, -0.2) is 9.82 Å². The Morgan fingerprint density at radius 1 is 1.19 bits per heavy atom. The zero-order valence-electron chi connectivity index (χ0n) is 11.8. The largest absolute Gasteiger partial charge is 0.459 e. The first-order valence-corrected chi connectivity index (χ1v) is 6.86. The second kappa shape index (κ2) is 5.68. The lowest BCUT2D eigenvalue weighted by atomic mass is 10.0. The number of hydrogen-bond donors (Lipinski definition) is 2. The van der Waals surface area contributed by atoms with Crippen LogP contribution in [0.5, 0.6) is 0 Å². The van der Waals surface area contributed by atoms with Crippen molar-refractivity contribution in [3.63, 3.8) is 0 Å². The highest BCUT2D eigenvalue weighted by Gasteiger charge is 2.16. The van der Waals surface area contributed by atoms with E-state index in [-0.39, 0.29) is 11.9 Å². The lowest BCUT2D eigenvalue weighted by molar-refractivity contribution is 0.434. The molecule has 108 valence electrons. The maximum absolute atomic E-state index is 13.3. The number of furan rings is 1. The van der Waals surface area contributed by atoms with Gasteiger partial charge in [0.05, 0.1) is 6.04 Å². The van der Waals surface area contributed by atoms with Crippen molar-refractivity contribution in [2.75, 3.05) is 0 Å². The number of fused-ring (bicyclic) bond motifs is 1. The second-order valence-corrected chi connectivity index (χ2v) is 5.24. The molecule has 3 nitrogen and oxygen atoms in total. The average molecular weight is 284 g/mol. The Morgan fingerprint density at radius 2 is 2.05 bits per heavy atom. The molecule has 0 bridgehead atoms. The first-order chi connectivity index (χ1) is 10.2. The summed E-state index contributed by atoms with van der Waals surface area (Å²) in [7, 11) is 0. The van der Waals surface area contributed by atoms with E-state index in [1.807, 2.05) is 31.2 Å².